The monoisotopic (exact) mass is 273 g/mol. The predicted octanol–water partition coefficient (Wildman–Crippen LogP) is 2.29. The van der Waals surface area contributed by atoms with E-state index in [0.717, 1.165) is 5.39 Å². The fourth-order valence-electron chi connectivity index (χ4n) is 1.91. The number of hydrogen-bond acceptors (Lipinski definition) is 3. The first-order valence-electron chi connectivity index (χ1n) is 6.54. The van der Waals surface area contributed by atoms with E-state index in [0.29, 0.717) is 11.9 Å². The van der Waals surface area contributed by atoms with Crippen LogP contribution in [0.3, 0.4) is 0 Å². The van der Waals surface area contributed by atoms with Gasteiger partial charge in [0.25, 0.3) is 5.91 Å². The van der Waals surface area contributed by atoms with Crippen LogP contribution < -0.4 is 5.32 Å². The van der Waals surface area contributed by atoms with Crippen molar-refractivity contribution in [1.29, 1.82) is 0 Å². The molecular weight excluding hydrogens is 254 g/mol. The molecule has 4 nitrogen and oxygen atoms in total. The molecule has 4 heteroatoms. The molecule has 0 heterocycles. The summed E-state index contributed by atoms with van der Waals surface area (Å²) in [4.78, 5) is 12.1. The van der Waals surface area contributed by atoms with Crippen molar-refractivity contribution in [1.82, 2.24) is 5.32 Å². The van der Waals surface area contributed by atoms with Gasteiger partial charge in [-0.2, -0.15) is 0 Å². The number of hydrogen-bond donors (Lipinski definition) is 3. The number of phenolic OH excluding ortho intramolecular Hbond substituents is 1. The number of carbonyl (C=O) groups is 1. The van der Waals surface area contributed by atoms with Crippen LogP contribution in [0.1, 0.15) is 24.2 Å². The van der Waals surface area contributed by atoms with Gasteiger partial charge in [-0.05, 0) is 11.5 Å². The van der Waals surface area contributed by atoms with Crippen molar-refractivity contribution in [2.75, 3.05) is 13.2 Å². The molecule has 0 aliphatic heterocycles. The molecule has 0 bridgehead atoms. The molecule has 3 N–H and O–H groups in total. The van der Waals surface area contributed by atoms with Crippen molar-refractivity contribution in [3.63, 3.8) is 0 Å². The lowest BCUT2D eigenvalue weighted by molar-refractivity contribution is 0.0908. The molecule has 0 atom stereocenters. The van der Waals surface area contributed by atoms with Crippen LogP contribution in [0, 0.1) is 5.41 Å². The topological polar surface area (TPSA) is 69.6 Å². The average Bonchev–Trinajstić information content (AvgIpc) is 2.45. The van der Waals surface area contributed by atoms with E-state index in [2.05, 4.69) is 5.32 Å². The van der Waals surface area contributed by atoms with Gasteiger partial charge in [0.2, 0.25) is 0 Å². The minimum absolute atomic E-state index is 0.0117. The molecule has 0 saturated carbocycles. The Morgan fingerprint density at radius 1 is 1.20 bits per heavy atom. The SMILES string of the molecule is CC(C)(CO)CNC(=O)c1ccc2ccccc2c1O. The third kappa shape index (κ3) is 2.91. The fraction of sp³-hybridized carbons (Fsp3) is 0.312. The summed E-state index contributed by atoms with van der Waals surface area (Å²) in [5.74, 6) is -0.350. The molecule has 0 aliphatic rings. The number of phenols is 1. The smallest absolute Gasteiger partial charge is 0.255 e. The summed E-state index contributed by atoms with van der Waals surface area (Å²) in [5.41, 5.74) is -0.139. The zero-order valence-electron chi connectivity index (χ0n) is 11.7. The standard InChI is InChI=1S/C16H19NO3/c1-16(2,10-18)9-17-15(20)13-8-7-11-5-3-4-6-12(11)14(13)19/h3-8,18-19H,9-10H2,1-2H3,(H,17,20). The summed E-state index contributed by atoms with van der Waals surface area (Å²) in [5, 5.41) is 23.6. The minimum atomic E-state index is -0.387. The lowest BCUT2D eigenvalue weighted by atomic mass is 9.95. The summed E-state index contributed by atoms with van der Waals surface area (Å²) in [6.45, 7) is 4.03. The van der Waals surface area contributed by atoms with Crippen LogP contribution in [0.4, 0.5) is 0 Å². The zero-order valence-corrected chi connectivity index (χ0v) is 11.7. The van der Waals surface area contributed by atoms with Gasteiger partial charge in [0, 0.05) is 24.0 Å². The molecule has 106 valence electrons. The first kappa shape index (κ1) is 14.3. The molecule has 1 amide bonds. The Morgan fingerprint density at radius 2 is 1.90 bits per heavy atom. The second kappa shape index (κ2) is 5.51. The minimum Gasteiger partial charge on any atom is -0.506 e. The zero-order chi connectivity index (χ0) is 14.8. The van der Waals surface area contributed by atoms with Crippen LogP contribution in [0.5, 0.6) is 5.75 Å². The Hall–Kier alpha value is -2.07. The van der Waals surface area contributed by atoms with Crippen LogP contribution in [-0.2, 0) is 0 Å². The van der Waals surface area contributed by atoms with E-state index in [1.165, 1.54) is 0 Å². The number of aliphatic hydroxyl groups excluding tert-OH is 1. The van der Waals surface area contributed by atoms with Gasteiger partial charge in [-0.1, -0.05) is 44.2 Å². The number of aromatic hydroxyl groups is 1. The summed E-state index contributed by atoms with van der Waals surface area (Å²) < 4.78 is 0. The van der Waals surface area contributed by atoms with Crippen LogP contribution in [0.25, 0.3) is 10.8 Å². The molecule has 20 heavy (non-hydrogen) atoms. The number of fused-ring (bicyclic) bond motifs is 1. The van der Waals surface area contributed by atoms with Crippen LogP contribution in [-0.4, -0.2) is 29.3 Å². The van der Waals surface area contributed by atoms with Crippen molar-refractivity contribution in [3.05, 3.63) is 42.0 Å². The molecule has 0 fully saturated rings. The van der Waals surface area contributed by atoms with Crippen LogP contribution >= 0.6 is 0 Å². The maximum atomic E-state index is 12.1. The summed E-state index contributed by atoms with van der Waals surface area (Å²) in [6, 6.07) is 10.8. The highest BCUT2D eigenvalue weighted by Crippen LogP contribution is 2.28. The maximum Gasteiger partial charge on any atom is 0.255 e. The van der Waals surface area contributed by atoms with E-state index in [9.17, 15) is 15.0 Å². The van der Waals surface area contributed by atoms with E-state index >= 15 is 0 Å². The predicted molar refractivity (Wildman–Crippen MR) is 78.8 cm³/mol. The van der Waals surface area contributed by atoms with Gasteiger partial charge in [0.1, 0.15) is 5.75 Å². The van der Waals surface area contributed by atoms with Gasteiger partial charge >= 0.3 is 0 Å². The largest absolute Gasteiger partial charge is 0.506 e. The van der Waals surface area contributed by atoms with E-state index in [-0.39, 0.29) is 29.2 Å². The molecule has 0 spiro atoms. The van der Waals surface area contributed by atoms with Gasteiger partial charge in [0.05, 0.1) is 5.56 Å². The van der Waals surface area contributed by atoms with E-state index in [4.69, 9.17) is 0 Å². The van der Waals surface area contributed by atoms with Crippen LogP contribution in [0.15, 0.2) is 36.4 Å². The second-order valence-electron chi connectivity index (χ2n) is 5.69. The Bertz CT molecular complexity index is 635. The number of rotatable bonds is 4. The van der Waals surface area contributed by atoms with Gasteiger partial charge in [-0.3, -0.25) is 4.79 Å². The fourth-order valence-corrected chi connectivity index (χ4v) is 1.91. The lowest BCUT2D eigenvalue weighted by Gasteiger charge is -2.22. The molecule has 0 aromatic heterocycles. The van der Waals surface area contributed by atoms with Crippen molar-refractivity contribution in [2.45, 2.75) is 13.8 Å². The number of carbonyl (C=O) groups excluding carboxylic acids is 1. The third-order valence-electron chi connectivity index (χ3n) is 3.30. The first-order valence-corrected chi connectivity index (χ1v) is 6.54. The second-order valence-corrected chi connectivity index (χ2v) is 5.69. The van der Waals surface area contributed by atoms with E-state index in [1.54, 1.807) is 18.2 Å². The first-order chi connectivity index (χ1) is 9.44. The Balaban J connectivity index is 2.25. The third-order valence-corrected chi connectivity index (χ3v) is 3.30. The summed E-state index contributed by atoms with van der Waals surface area (Å²) >= 11 is 0. The van der Waals surface area contributed by atoms with Crippen LogP contribution in [0.2, 0.25) is 0 Å². The van der Waals surface area contributed by atoms with Crippen molar-refractivity contribution in [2.24, 2.45) is 5.41 Å². The summed E-state index contributed by atoms with van der Waals surface area (Å²) in [6.07, 6.45) is 0. The molecule has 0 aliphatic carbocycles. The van der Waals surface area contributed by atoms with Gasteiger partial charge in [-0.25, -0.2) is 0 Å². The molecular formula is C16H19NO3. The lowest BCUT2D eigenvalue weighted by Crippen LogP contribution is -2.36. The molecule has 2 aromatic rings. The summed E-state index contributed by atoms with van der Waals surface area (Å²) in [7, 11) is 0. The Labute approximate surface area is 118 Å². The Kier molecular flexibility index (Phi) is 3.95. The van der Waals surface area contributed by atoms with Gasteiger partial charge in [-0.15, -0.1) is 0 Å². The molecule has 2 aromatic carbocycles. The van der Waals surface area contributed by atoms with E-state index < -0.39 is 0 Å². The van der Waals surface area contributed by atoms with Crippen molar-refractivity contribution in [3.8, 4) is 5.75 Å². The number of aliphatic hydroxyl groups is 1. The van der Waals surface area contributed by atoms with Gasteiger partial charge < -0.3 is 15.5 Å². The molecule has 0 saturated heterocycles. The van der Waals surface area contributed by atoms with Crippen molar-refractivity contribution < 1.29 is 15.0 Å². The molecule has 0 radical (unpaired) electrons. The highest BCUT2D eigenvalue weighted by molar-refractivity contribution is 6.03. The highest BCUT2D eigenvalue weighted by Gasteiger charge is 2.19. The van der Waals surface area contributed by atoms with Crippen molar-refractivity contribution >= 4 is 16.7 Å². The van der Waals surface area contributed by atoms with E-state index in [1.807, 2.05) is 32.0 Å². The van der Waals surface area contributed by atoms with Gasteiger partial charge in [0.15, 0.2) is 0 Å². The maximum absolute atomic E-state index is 12.1. The molecule has 2 rings (SSSR count). The Morgan fingerprint density at radius 3 is 2.60 bits per heavy atom. The number of nitrogens with one attached hydrogen (secondary N) is 1. The average molecular weight is 273 g/mol. The normalized spacial score (nSPS) is 11.6. The molecule has 0 unspecified atom stereocenters. The highest BCUT2D eigenvalue weighted by atomic mass is 16.3. The quantitative estimate of drug-likeness (QED) is 0.800. The number of amides is 1. The number of benzene rings is 2.